The van der Waals surface area contributed by atoms with Crippen molar-refractivity contribution in [1.82, 2.24) is 10.1 Å². The van der Waals surface area contributed by atoms with E-state index >= 15 is 0 Å². The molecule has 0 aliphatic rings. The van der Waals surface area contributed by atoms with E-state index in [9.17, 15) is 13.2 Å². The van der Waals surface area contributed by atoms with Crippen LogP contribution in [0.4, 0.5) is 10.7 Å². The monoisotopic (exact) mass is 331 g/mol. The van der Waals surface area contributed by atoms with Gasteiger partial charge in [-0.05, 0) is 0 Å². The Labute approximate surface area is 124 Å². The van der Waals surface area contributed by atoms with Gasteiger partial charge in [-0.1, -0.05) is 5.16 Å². The minimum absolute atomic E-state index is 0.0118. The smallest absolute Gasteiger partial charge is 0.261 e. The number of aryl methyl sites for hydroxylation is 1. The van der Waals surface area contributed by atoms with Crippen molar-refractivity contribution >= 4 is 37.8 Å². The van der Waals surface area contributed by atoms with Crippen molar-refractivity contribution < 1.29 is 17.7 Å². The van der Waals surface area contributed by atoms with Gasteiger partial charge in [0.1, 0.15) is 14.8 Å². The number of nitrogen functional groups attached to an aromatic ring is 1. The lowest BCUT2D eigenvalue weighted by molar-refractivity contribution is 0.100. The summed E-state index contributed by atoms with van der Waals surface area (Å²) in [5.41, 5.74) is 10.7. The minimum Gasteiger partial charge on any atom is -0.396 e. The van der Waals surface area contributed by atoms with E-state index in [-0.39, 0.29) is 27.0 Å². The fourth-order valence-electron chi connectivity index (χ4n) is 1.67. The van der Waals surface area contributed by atoms with Gasteiger partial charge in [-0.2, -0.15) is 4.98 Å². The number of nitrogens with one attached hydrogen (secondary N) is 1. The van der Waals surface area contributed by atoms with Crippen molar-refractivity contribution in [2.45, 2.75) is 18.4 Å². The van der Waals surface area contributed by atoms with Crippen molar-refractivity contribution in [3.8, 4) is 0 Å². The number of hydrogen-bond donors (Lipinski definition) is 3. The predicted molar refractivity (Wildman–Crippen MR) is 76.7 cm³/mol. The molecule has 9 nitrogen and oxygen atoms in total. The minimum atomic E-state index is -3.63. The third kappa shape index (κ3) is 3.13. The number of hydrogen-bond acceptors (Lipinski definition) is 9. The molecule has 0 saturated carbocycles. The number of primary amides is 1. The van der Waals surface area contributed by atoms with Gasteiger partial charge in [0.05, 0.1) is 12.2 Å². The summed E-state index contributed by atoms with van der Waals surface area (Å²) >= 11 is 0.871. The van der Waals surface area contributed by atoms with Gasteiger partial charge >= 0.3 is 0 Å². The molecule has 2 aromatic rings. The first-order chi connectivity index (χ1) is 9.70. The van der Waals surface area contributed by atoms with Crippen LogP contribution in [0.15, 0.2) is 9.42 Å². The highest BCUT2D eigenvalue weighted by Crippen LogP contribution is 2.39. The van der Waals surface area contributed by atoms with E-state index in [1.165, 1.54) is 0 Å². The van der Waals surface area contributed by atoms with Crippen LogP contribution in [0.2, 0.25) is 0 Å². The maximum absolute atomic E-state index is 11.8. The molecule has 0 bridgehead atoms. The summed E-state index contributed by atoms with van der Waals surface area (Å²) in [7, 11) is -3.63. The predicted octanol–water partition coefficient (Wildman–Crippen LogP) is 0.136. The van der Waals surface area contributed by atoms with Crippen LogP contribution in [0, 0.1) is 6.92 Å². The molecule has 21 heavy (non-hydrogen) atoms. The second-order valence-corrected chi connectivity index (χ2v) is 7.20. The molecule has 1 amide bonds. The van der Waals surface area contributed by atoms with Crippen molar-refractivity contribution in [1.29, 1.82) is 0 Å². The van der Waals surface area contributed by atoms with Gasteiger partial charge in [-0.25, -0.2) is 8.42 Å². The molecule has 0 aliphatic carbocycles. The Morgan fingerprint density at radius 3 is 2.62 bits per heavy atom. The first-order valence-electron chi connectivity index (χ1n) is 5.65. The van der Waals surface area contributed by atoms with Crippen molar-refractivity contribution in [2.24, 2.45) is 5.73 Å². The summed E-state index contributed by atoms with van der Waals surface area (Å²) < 4.78 is 28.4. The highest BCUT2D eigenvalue weighted by atomic mass is 32.2. The van der Waals surface area contributed by atoms with Gasteiger partial charge < -0.3 is 21.3 Å². The van der Waals surface area contributed by atoms with Gasteiger partial charge in [-0.15, -0.1) is 11.3 Å². The number of amides is 1. The van der Waals surface area contributed by atoms with Crippen molar-refractivity contribution in [2.75, 3.05) is 17.3 Å². The third-order valence-corrected chi connectivity index (χ3v) is 4.94. The van der Waals surface area contributed by atoms with Gasteiger partial charge in [0.25, 0.3) is 5.91 Å². The average Bonchev–Trinajstić information content (AvgIpc) is 2.89. The maximum atomic E-state index is 11.8. The molecule has 0 fully saturated rings. The van der Waals surface area contributed by atoms with E-state index < -0.39 is 15.7 Å². The first kappa shape index (κ1) is 15.3. The summed E-state index contributed by atoms with van der Waals surface area (Å²) in [6.07, 6.45) is 1.000. The summed E-state index contributed by atoms with van der Waals surface area (Å²) in [6.45, 7) is 1.75. The molecule has 114 valence electrons. The lowest BCUT2D eigenvalue weighted by Crippen LogP contribution is -2.12. The van der Waals surface area contributed by atoms with Gasteiger partial charge in [0, 0.05) is 13.2 Å². The standard InChI is InChI=1S/C10H13N5O4S2/c1-4-14-5(15-19-4)3-13-10-8(21(2,17)18)6(11)7(20-10)9(12)16/h13H,3,11H2,1-2H3,(H2,12,16). The molecular weight excluding hydrogens is 318 g/mol. The molecule has 0 saturated heterocycles. The van der Waals surface area contributed by atoms with Crippen LogP contribution in [-0.4, -0.2) is 30.7 Å². The van der Waals surface area contributed by atoms with Crippen LogP contribution in [0.5, 0.6) is 0 Å². The molecule has 2 rings (SSSR count). The Morgan fingerprint density at radius 2 is 2.14 bits per heavy atom. The second-order valence-electron chi connectivity index (χ2n) is 4.22. The largest absolute Gasteiger partial charge is 0.396 e. The molecule has 11 heteroatoms. The zero-order valence-corrected chi connectivity index (χ0v) is 12.8. The van der Waals surface area contributed by atoms with E-state index in [4.69, 9.17) is 16.0 Å². The molecule has 2 aromatic heterocycles. The summed E-state index contributed by atoms with van der Waals surface area (Å²) in [5, 5.41) is 6.72. The molecule has 5 N–H and O–H groups in total. The van der Waals surface area contributed by atoms with Crippen LogP contribution in [0.1, 0.15) is 21.4 Å². The number of rotatable bonds is 5. The molecule has 0 radical (unpaired) electrons. The lowest BCUT2D eigenvalue weighted by atomic mass is 10.4. The number of aromatic nitrogens is 2. The van der Waals surface area contributed by atoms with Gasteiger partial charge in [-0.3, -0.25) is 4.79 Å². The normalized spacial score (nSPS) is 11.5. The number of thiophene rings is 1. The third-order valence-electron chi connectivity index (χ3n) is 2.47. The van der Waals surface area contributed by atoms with Crippen LogP contribution in [-0.2, 0) is 16.4 Å². The highest BCUT2D eigenvalue weighted by molar-refractivity contribution is 7.91. The van der Waals surface area contributed by atoms with Crippen LogP contribution < -0.4 is 16.8 Å². The number of carbonyl (C=O) groups excluding carboxylic acids is 1. The average molecular weight is 331 g/mol. The fourth-order valence-corrected chi connectivity index (χ4v) is 4.09. The molecule has 0 aromatic carbocycles. The van der Waals surface area contributed by atoms with E-state index in [0.29, 0.717) is 11.7 Å². The summed E-state index contributed by atoms with van der Waals surface area (Å²) in [4.78, 5) is 15.1. The molecule has 0 aliphatic heterocycles. The first-order valence-corrected chi connectivity index (χ1v) is 8.36. The van der Waals surface area contributed by atoms with Crippen molar-refractivity contribution in [3.63, 3.8) is 0 Å². The second kappa shape index (κ2) is 5.33. The number of sulfone groups is 1. The zero-order valence-electron chi connectivity index (χ0n) is 11.2. The fraction of sp³-hybridized carbons (Fsp3) is 0.300. The number of nitrogens with two attached hydrogens (primary N) is 2. The lowest BCUT2D eigenvalue weighted by Gasteiger charge is -2.04. The molecule has 0 atom stereocenters. The van der Waals surface area contributed by atoms with E-state index in [1.807, 2.05) is 0 Å². The maximum Gasteiger partial charge on any atom is 0.261 e. The summed E-state index contributed by atoms with van der Waals surface area (Å²) in [6, 6.07) is 0. The Morgan fingerprint density at radius 1 is 1.48 bits per heavy atom. The number of nitrogens with zero attached hydrogens (tertiary/aromatic N) is 2. The van der Waals surface area contributed by atoms with Crippen LogP contribution in [0.3, 0.4) is 0 Å². The van der Waals surface area contributed by atoms with E-state index in [1.54, 1.807) is 6.92 Å². The van der Waals surface area contributed by atoms with Crippen LogP contribution >= 0.6 is 11.3 Å². The van der Waals surface area contributed by atoms with Gasteiger partial charge in [0.2, 0.25) is 5.89 Å². The van der Waals surface area contributed by atoms with Gasteiger partial charge in [0.15, 0.2) is 15.7 Å². The Hall–Kier alpha value is -2.14. The van der Waals surface area contributed by atoms with Crippen molar-refractivity contribution in [3.05, 3.63) is 16.6 Å². The van der Waals surface area contributed by atoms with E-state index in [0.717, 1.165) is 17.6 Å². The topological polar surface area (TPSA) is 154 Å². The molecule has 0 unspecified atom stereocenters. The Kier molecular flexibility index (Phi) is 3.87. The molecule has 0 spiro atoms. The molecule has 2 heterocycles. The van der Waals surface area contributed by atoms with E-state index in [2.05, 4.69) is 15.5 Å². The zero-order chi connectivity index (χ0) is 15.8. The highest BCUT2D eigenvalue weighted by Gasteiger charge is 2.26. The number of carbonyl (C=O) groups is 1. The quantitative estimate of drug-likeness (QED) is 0.698. The summed E-state index contributed by atoms with van der Waals surface area (Å²) in [5.74, 6) is -0.0518. The SMILES string of the molecule is Cc1nc(CNc2sc(C(N)=O)c(N)c2S(C)(=O)=O)no1. The molecular formula is C10H13N5O4S2. The van der Waals surface area contributed by atoms with Crippen LogP contribution in [0.25, 0.3) is 0 Å². The Balaban J connectivity index is 2.38. The Bertz CT molecular complexity index is 792. The number of anilines is 2.